The van der Waals surface area contributed by atoms with Crippen molar-refractivity contribution in [3.05, 3.63) is 29.8 Å². The van der Waals surface area contributed by atoms with Gasteiger partial charge < -0.3 is 26.1 Å². The van der Waals surface area contributed by atoms with Crippen molar-refractivity contribution in [3.63, 3.8) is 0 Å². The van der Waals surface area contributed by atoms with E-state index in [2.05, 4.69) is 5.32 Å². The minimum Gasteiger partial charge on any atom is -0.508 e. The van der Waals surface area contributed by atoms with Crippen LogP contribution in [0.15, 0.2) is 24.3 Å². The molecule has 21 heavy (non-hydrogen) atoms. The molecule has 0 saturated heterocycles. The third kappa shape index (κ3) is 6.05. The van der Waals surface area contributed by atoms with Gasteiger partial charge in [0.05, 0.1) is 12.1 Å². The molecule has 0 saturated carbocycles. The first-order chi connectivity index (χ1) is 9.92. The lowest BCUT2D eigenvalue weighted by atomic mass is 10.1. The number of amides is 1. The Morgan fingerprint density at radius 1 is 1.29 bits per heavy atom. The van der Waals surface area contributed by atoms with Crippen LogP contribution in [0.5, 0.6) is 5.75 Å². The Morgan fingerprint density at radius 3 is 2.43 bits per heavy atom. The summed E-state index contributed by atoms with van der Waals surface area (Å²) >= 11 is 0. The van der Waals surface area contributed by atoms with Crippen LogP contribution < -0.4 is 11.1 Å². The first-order valence-electron chi connectivity index (χ1n) is 6.43. The van der Waals surface area contributed by atoms with Gasteiger partial charge in [0.15, 0.2) is 0 Å². The zero-order valence-corrected chi connectivity index (χ0v) is 11.4. The molecule has 0 fully saturated rings. The topological polar surface area (TPSA) is 130 Å². The summed E-state index contributed by atoms with van der Waals surface area (Å²) in [5.74, 6) is -1.48. The van der Waals surface area contributed by atoms with Gasteiger partial charge in [-0.05, 0) is 30.5 Å². The number of benzene rings is 1. The Morgan fingerprint density at radius 2 is 1.90 bits per heavy atom. The van der Waals surface area contributed by atoms with Crippen molar-refractivity contribution in [1.82, 2.24) is 5.32 Å². The molecule has 7 heteroatoms. The van der Waals surface area contributed by atoms with Gasteiger partial charge in [-0.2, -0.15) is 0 Å². The molecule has 7 nitrogen and oxygen atoms in total. The van der Waals surface area contributed by atoms with Crippen LogP contribution >= 0.6 is 0 Å². The Bertz CT molecular complexity index is 501. The second kappa shape index (κ2) is 8.01. The van der Waals surface area contributed by atoms with E-state index in [-0.39, 0.29) is 25.0 Å². The van der Waals surface area contributed by atoms with Crippen molar-refractivity contribution in [3.8, 4) is 5.75 Å². The summed E-state index contributed by atoms with van der Waals surface area (Å²) in [6.45, 7) is 0. The van der Waals surface area contributed by atoms with Crippen molar-refractivity contribution < 1.29 is 24.6 Å². The van der Waals surface area contributed by atoms with E-state index in [0.717, 1.165) is 5.56 Å². The normalized spacial score (nSPS) is 13.2. The van der Waals surface area contributed by atoms with Gasteiger partial charge in [0.2, 0.25) is 5.91 Å². The maximum Gasteiger partial charge on any atom is 0.303 e. The highest BCUT2D eigenvalue weighted by Crippen LogP contribution is 2.11. The van der Waals surface area contributed by atoms with Crippen LogP contribution in [0.1, 0.15) is 18.4 Å². The van der Waals surface area contributed by atoms with Gasteiger partial charge in [-0.3, -0.25) is 9.59 Å². The first-order valence-corrected chi connectivity index (χ1v) is 6.43. The fourth-order valence-electron chi connectivity index (χ4n) is 1.72. The SMILES string of the molecule is N[C@@H](CCC(=O)O)C(=O)N[C@H](C=O)Cc1ccc(O)cc1. The molecular formula is C14H18N2O5. The summed E-state index contributed by atoms with van der Waals surface area (Å²) in [6, 6.07) is 4.53. The number of phenols is 1. The highest BCUT2D eigenvalue weighted by molar-refractivity contribution is 5.84. The van der Waals surface area contributed by atoms with Crippen LogP contribution in [-0.4, -0.2) is 40.5 Å². The number of aldehydes is 1. The summed E-state index contributed by atoms with van der Waals surface area (Å²) in [6.07, 6.45) is 0.653. The molecule has 0 aliphatic heterocycles. The van der Waals surface area contributed by atoms with E-state index in [1.54, 1.807) is 12.1 Å². The number of aliphatic carboxylic acids is 1. The van der Waals surface area contributed by atoms with Gasteiger partial charge in [-0.15, -0.1) is 0 Å². The second-order valence-electron chi connectivity index (χ2n) is 4.66. The number of nitrogens with two attached hydrogens (primary N) is 1. The van der Waals surface area contributed by atoms with E-state index >= 15 is 0 Å². The van der Waals surface area contributed by atoms with Crippen molar-refractivity contribution in [2.75, 3.05) is 0 Å². The number of aromatic hydroxyl groups is 1. The predicted octanol–water partition coefficient (Wildman–Crippen LogP) is -0.189. The molecule has 1 aromatic rings. The molecule has 1 rings (SSSR count). The smallest absolute Gasteiger partial charge is 0.303 e. The fourth-order valence-corrected chi connectivity index (χ4v) is 1.72. The quantitative estimate of drug-likeness (QED) is 0.492. The van der Waals surface area contributed by atoms with Crippen molar-refractivity contribution in [1.29, 1.82) is 0 Å². The van der Waals surface area contributed by atoms with Gasteiger partial charge in [0.25, 0.3) is 0 Å². The van der Waals surface area contributed by atoms with Crippen LogP contribution in [0.3, 0.4) is 0 Å². The molecule has 1 aromatic carbocycles. The number of carboxylic acids is 1. The highest BCUT2D eigenvalue weighted by Gasteiger charge is 2.18. The lowest BCUT2D eigenvalue weighted by Crippen LogP contribution is -2.47. The van der Waals surface area contributed by atoms with Crippen LogP contribution in [0.2, 0.25) is 0 Å². The molecule has 1 amide bonds. The Kier molecular flexibility index (Phi) is 6.35. The maximum absolute atomic E-state index is 11.7. The standard InChI is InChI=1S/C14H18N2O5/c15-12(5-6-13(19)20)14(21)16-10(8-17)7-9-1-3-11(18)4-2-9/h1-4,8,10,12,18H,5-7,15H2,(H,16,21)(H,19,20)/t10-,12-/m0/s1. The maximum atomic E-state index is 11.7. The van der Waals surface area contributed by atoms with Gasteiger partial charge in [-0.1, -0.05) is 12.1 Å². The lowest BCUT2D eigenvalue weighted by molar-refractivity contribution is -0.137. The molecule has 0 aliphatic carbocycles. The van der Waals surface area contributed by atoms with Crippen molar-refractivity contribution in [2.45, 2.75) is 31.3 Å². The third-order valence-corrected chi connectivity index (χ3v) is 2.89. The van der Waals surface area contributed by atoms with Crippen LogP contribution in [0, 0.1) is 0 Å². The van der Waals surface area contributed by atoms with E-state index in [9.17, 15) is 14.4 Å². The van der Waals surface area contributed by atoms with Crippen LogP contribution in [0.4, 0.5) is 0 Å². The number of carbonyl (C=O) groups excluding carboxylic acids is 2. The minimum absolute atomic E-state index is 0.00591. The van der Waals surface area contributed by atoms with E-state index in [0.29, 0.717) is 6.29 Å². The lowest BCUT2D eigenvalue weighted by Gasteiger charge is -2.16. The number of rotatable bonds is 8. The zero-order chi connectivity index (χ0) is 15.8. The fraction of sp³-hybridized carbons (Fsp3) is 0.357. The van der Waals surface area contributed by atoms with E-state index in [1.165, 1.54) is 12.1 Å². The van der Waals surface area contributed by atoms with Crippen LogP contribution in [-0.2, 0) is 20.8 Å². The number of hydrogen-bond acceptors (Lipinski definition) is 5. The average Bonchev–Trinajstić information content (AvgIpc) is 2.46. The molecule has 0 heterocycles. The van der Waals surface area contributed by atoms with Crippen LogP contribution in [0.25, 0.3) is 0 Å². The molecule has 2 atom stereocenters. The summed E-state index contributed by atoms with van der Waals surface area (Å²) in [5, 5.41) is 20.2. The molecule has 0 aromatic heterocycles. The van der Waals surface area contributed by atoms with E-state index in [4.69, 9.17) is 15.9 Å². The number of hydrogen-bond donors (Lipinski definition) is 4. The Balaban J connectivity index is 2.52. The van der Waals surface area contributed by atoms with Gasteiger partial charge in [0.1, 0.15) is 12.0 Å². The summed E-state index contributed by atoms with van der Waals surface area (Å²) in [4.78, 5) is 33.2. The molecular weight excluding hydrogens is 276 g/mol. The Hall–Kier alpha value is -2.41. The molecule has 0 aliphatic rings. The average molecular weight is 294 g/mol. The summed E-state index contributed by atoms with van der Waals surface area (Å²) < 4.78 is 0. The molecule has 0 radical (unpaired) electrons. The largest absolute Gasteiger partial charge is 0.508 e. The molecule has 114 valence electrons. The number of carboxylic acid groups (broad SMARTS) is 1. The predicted molar refractivity (Wildman–Crippen MR) is 74.7 cm³/mol. The zero-order valence-electron chi connectivity index (χ0n) is 11.4. The van der Waals surface area contributed by atoms with Crippen molar-refractivity contribution in [2.24, 2.45) is 5.73 Å². The minimum atomic E-state index is -1.03. The van der Waals surface area contributed by atoms with E-state index in [1.807, 2.05) is 0 Å². The van der Waals surface area contributed by atoms with Gasteiger partial charge in [0, 0.05) is 6.42 Å². The second-order valence-corrected chi connectivity index (χ2v) is 4.66. The van der Waals surface area contributed by atoms with E-state index < -0.39 is 24.0 Å². The summed E-state index contributed by atoms with van der Waals surface area (Å²) in [5.41, 5.74) is 6.33. The number of nitrogens with one attached hydrogen (secondary N) is 1. The van der Waals surface area contributed by atoms with Gasteiger partial charge >= 0.3 is 5.97 Å². The molecule has 0 bridgehead atoms. The number of phenolic OH excluding ortho intramolecular Hbond substituents is 1. The molecule has 5 N–H and O–H groups in total. The Labute approximate surface area is 121 Å². The number of carbonyl (C=O) groups is 3. The molecule has 0 unspecified atom stereocenters. The third-order valence-electron chi connectivity index (χ3n) is 2.89. The highest BCUT2D eigenvalue weighted by atomic mass is 16.4. The molecule has 0 spiro atoms. The monoisotopic (exact) mass is 294 g/mol. The van der Waals surface area contributed by atoms with Crippen molar-refractivity contribution >= 4 is 18.2 Å². The van der Waals surface area contributed by atoms with Gasteiger partial charge in [-0.25, -0.2) is 0 Å². The summed E-state index contributed by atoms with van der Waals surface area (Å²) in [7, 11) is 0. The first kappa shape index (κ1) is 16.6.